The Bertz CT molecular complexity index is 1150. The fourth-order valence-electron chi connectivity index (χ4n) is 2.38. The lowest BCUT2D eigenvalue weighted by Gasteiger charge is -2.10. The van der Waals surface area contributed by atoms with Gasteiger partial charge in [-0.1, -0.05) is 29.3 Å². The topological polar surface area (TPSA) is 80.3 Å². The van der Waals surface area contributed by atoms with E-state index in [4.69, 9.17) is 11.6 Å². The van der Waals surface area contributed by atoms with Gasteiger partial charge in [0.05, 0.1) is 14.7 Å². The van der Waals surface area contributed by atoms with E-state index in [0.717, 1.165) is 5.56 Å². The number of sulfonamides is 1. The molecule has 0 fully saturated rings. The van der Waals surface area contributed by atoms with E-state index in [1.54, 1.807) is 12.1 Å². The molecule has 0 atom stereocenters. The highest BCUT2D eigenvalue weighted by molar-refractivity contribution is 7.92. The number of aryl methyl sites for hydroxylation is 1. The van der Waals surface area contributed by atoms with Crippen molar-refractivity contribution in [1.82, 2.24) is 0 Å². The van der Waals surface area contributed by atoms with Gasteiger partial charge in [0.15, 0.2) is 0 Å². The Kier molecular flexibility index (Phi) is 5.28. The molecule has 0 heterocycles. The summed E-state index contributed by atoms with van der Waals surface area (Å²) >= 11 is 5.79. The van der Waals surface area contributed by atoms with Gasteiger partial charge in [0.2, 0.25) is 9.84 Å². The van der Waals surface area contributed by atoms with E-state index in [1.807, 2.05) is 6.92 Å². The van der Waals surface area contributed by atoms with Gasteiger partial charge in [-0.3, -0.25) is 4.72 Å². The molecule has 0 aromatic heterocycles. The van der Waals surface area contributed by atoms with Gasteiger partial charge in [-0.25, -0.2) is 16.8 Å². The van der Waals surface area contributed by atoms with Crippen molar-refractivity contribution >= 4 is 37.1 Å². The highest BCUT2D eigenvalue weighted by atomic mass is 35.5. The monoisotopic (exact) mass is 421 g/mol. The van der Waals surface area contributed by atoms with Crippen molar-refractivity contribution in [3.8, 4) is 0 Å². The minimum Gasteiger partial charge on any atom is -0.280 e. The third-order valence-corrected chi connectivity index (χ3v) is 7.31. The average molecular weight is 422 g/mol. The van der Waals surface area contributed by atoms with Crippen molar-refractivity contribution < 1.29 is 16.8 Å². The van der Waals surface area contributed by atoms with Crippen molar-refractivity contribution in [2.24, 2.45) is 0 Å². The molecule has 0 saturated heterocycles. The van der Waals surface area contributed by atoms with E-state index in [0.29, 0.717) is 5.02 Å². The summed E-state index contributed by atoms with van der Waals surface area (Å²) in [5.41, 5.74) is 1.22. The van der Waals surface area contributed by atoms with Gasteiger partial charge in [-0.15, -0.1) is 0 Å². The van der Waals surface area contributed by atoms with Gasteiger partial charge in [0.25, 0.3) is 10.0 Å². The molecule has 0 radical (unpaired) electrons. The second-order valence-electron chi connectivity index (χ2n) is 5.90. The van der Waals surface area contributed by atoms with E-state index < -0.39 is 19.9 Å². The van der Waals surface area contributed by atoms with Crippen LogP contribution in [0.1, 0.15) is 5.56 Å². The van der Waals surface area contributed by atoms with E-state index >= 15 is 0 Å². The highest BCUT2D eigenvalue weighted by Gasteiger charge is 2.18. The van der Waals surface area contributed by atoms with Crippen LogP contribution < -0.4 is 4.72 Å². The molecule has 0 amide bonds. The van der Waals surface area contributed by atoms with Gasteiger partial charge in [-0.2, -0.15) is 0 Å². The number of rotatable bonds is 5. The SMILES string of the molecule is Cc1ccc(S(=O)(=O)Nc2ccc(S(=O)(=O)c3ccc(Cl)cc3)cc2)cc1. The van der Waals surface area contributed by atoms with Crippen LogP contribution in [-0.2, 0) is 19.9 Å². The summed E-state index contributed by atoms with van der Waals surface area (Å²) < 4.78 is 52.5. The molecule has 3 aromatic rings. The Labute approximate surface area is 163 Å². The fourth-order valence-corrected chi connectivity index (χ4v) is 4.83. The minimum atomic E-state index is -3.75. The zero-order valence-corrected chi connectivity index (χ0v) is 16.6. The maximum atomic E-state index is 12.6. The fraction of sp³-hybridized carbons (Fsp3) is 0.0526. The van der Waals surface area contributed by atoms with Crippen LogP contribution in [0.3, 0.4) is 0 Å². The van der Waals surface area contributed by atoms with Crippen molar-refractivity contribution in [3.63, 3.8) is 0 Å². The molecule has 0 unspecified atom stereocenters. The molecular formula is C19H16ClNO4S2. The smallest absolute Gasteiger partial charge is 0.261 e. The molecule has 27 heavy (non-hydrogen) atoms. The zero-order valence-electron chi connectivity index (χ0n) is 14.3. The van der Waals surface area contributed by atoms with E-state index in [2.05, 4.69) is 4.72 Å². The summed E-state index contributed by atoms with van der Waals surface area (Å²) in [4.78, 5) is 0.300. The predicted octanol–water partition coefficient (Wildman–Crippen LogP) is 4.28. The first-order valence-electron chi connectivity index (χ1n) is 7.89. The lowest BCUT2D eigenvalue weighted by Crippen LogP contribution is -2.13. The number of halogens is 1. The molecule has 0 aliphatic carbocycles. The summed E-state index contributed by atoms with van der Waals surface area (Å²) in [5.74, 6) is 0. The predicted molar refractivity (Wildman–Crippen MR) is 105 cm³/mol. The van der Waals surface area contributed by atoms with E-state index in [9.17, 15) is 16.8 Å². The van der Waals surface area contributed by atoms with Crippen molar-refractivity contribution in [1.29, 1.82) is 0 Å². The Balaban J connectivity index is 1.85. The van der Waals surface area contributed by atoms with Crippen LogP contribution in [0.15, 0.2) is 87.5 Å². The van der Waals surface area contributed by atoms with Crippen LogP contribution >= 0.6 is 11.6 Å². The normalized spacial score (nSPS) is 11.9. The first kappa shape index (κ1) is 19.4. The third kappa shape index (κ3) is 4.32. The quantitative estimate of drug-likeness (QED) is 0.666. The summed E-state index contributed by atoms with van der Waals surface area (Å²) in [6.07, 6.45) is 0. The van der Waals surface area contributed by atoms with Crippen LogP contribution in [0, 0.1) is 6.92 Å². The molecule has 1 N–H and O–H groups in total. The van der Waals surface area contributed by atoms with E-state index in [1.165, 1.54) is 60.7 Å². The maximum absolute atomic E-state index is 12.6. The van der Waals surface area contributed by atoms with Crippen LogP contribution in [0.2, 0.25) is 5.02 Å². The number of nitrogens with one attached hydrogen (secondary N) is 1. The summed E-state index contributed by atoms with van der Waals surface area (Å²) in [6.45, 7) is 1.86. The zero-order chi connectivity index (χ0) is 19.7. The Morgan fingerprint density at radius 3 is 1.63 bits per heavy atom. The number of anilines is 1. The lowest BCUT2D eigenvalue weighted by atomic mass is 10.2. The number of hydrogen-bond acceptors (Lipinski definition) is 4. The van der Waals surface area contributed by atoms with Crippen LogP contribution in [0.25, 0.3) is 0 Å². The minimum absolute atomic E-state index is 0.0584. The number of hydrogen-bond donors (Lipinski definition) is 1. The largest absolute Gasteiger partial charge is 0.280 e. The van der Waals surface area contributed by atoms with Gasteiger partial charge in [0, 0.05) is 10.7 Å². The molecule has 8 heteroatoms. The van der Waals surface area contributed by atoms with Crippen molar-refractivity contribution in [3.05, 3.63) is 83.4 Å². The number of benzene rings is 3. The molecule has 140 valence electrons. The lowest BCUT2D eigenvalue weighted by molar-refractivity contribution is 0.596. The van der Waals surface area contributed by atoms with Crippen LogP contribution in [0.5, 0.6) is 0 Å². The first-order chi connectivity index (χ1) is 12.7. The molecule has 0 spiro atoms. The van der Waals surface area contributed by atoms with Gasteiger partial charge in [-0.05, 0) is 67.6 Å². The molecular weight excluding hydrogens is 406 g/mol. The molecule has 5 nitrogen and oxygen atoms in total. The Hall–Kier alpha value is -2.35. The maximum Gasteiger partial charge on any atom is 0.261 e. The number of sulfone groups is 1. The van der Waals surface area contributed by atoms with Crippen LogP contribution in [-0.4, -0.2) is 16.8 Å². The average Bonchev–Trinajstić information content (AvgIpc) is 2.62. The standard InChI is InChI=1S/C19H16ClNO4S2/c1-14-2-8-19(9-3-14)27(24,25)21-16-6-12-18(13-7-16)26(22,23)17-10-4-15(20)5-11-17/h2-13,21H,1H3. The highest BCUT2D eigenvalue weighted by Crippen LogP contribution is 2.24. The van der Waals surface area contributed by atoms with Gasteiger partial charge in [0.1, 0.15) is 0 Å². The molecule has 0 bridgehead atoms. The molecule has 3 aromatic carbocycles. The summed E-state index contributed by atoms with van der Waals surface area (Å²) in [5, 5.41) is 0.440. The van der Waals surface area contributed by atoms with Crippen molar-refractivity contribution in [2.75, 3.05) is 4.72 Å². The Morgan fingerprint density at radius 1 is 0.667 bits per heavy atom. The van der Waals surface area contributed by atoms with Crippen molar-refractivity contribution in [2.45, 2.75) is 21.6 Å². The molecule has 0 aliphatic heterocycles. The van der Waals surface area contributed by atoms with Gasteiger partial charge < -0.3 is 0 Å². The van der Waals surface area contributed by atoms with E-state index in [-0.39, 0.29) is 20.4 Å². The summed E-state index contributed by atoms with van der Waals surface area (Å²) in [7, 11) is -7.46. The third-order valence-electron chi connectivity index (χ3n) is 3.87. The second-order valence-corrected chi connectivity index (χ2v) is 9.97. The molecule has 3 rings (SSSR count). The van der Waals surface area contributed by atoms with Gasteiger partial charge >= 0.3 is 0 Å². The van der Waals surface area contributed by atoms with Crippen LogP contribution in [0.4, 0.5) is 5.69 Å². The first-order valence-corrected chi connectivity index (χ1v) is 11.2. The Morgan fingerprint density at radius 2 is 1.11 bits per heavy atom. The molecule has 0 aliphatic rings. The molecule has 0 saturated carbocycles. The second kappa shape index (κ2) is 7.34. The summed E-state index contributed by atoms with van der Waals surface area (Å²) in [6, 6.07) is 17.8.